The molecule has 1 aromatic heterocycles. The molecule has 0 amide bonds. The molecule has 0 aromatic carbocycles. The van der Waals surface area contributed by atoms with Crippen molar-refractivity contribution in [3.05, 3.63) is 22.8 Å². The standard InChI is InChI=1S/C10H11ClF3NO2/c1-5(2)17-9-7(11)3-6(4-15-9)8(16)10(12,13)14/h3-5,8,16H,1-2H3/t8-/m0/s1. The van der Waals surface area contributed by atoms with E-state index in [2.05, 4.69) is 4.98 Å². The summed E-state index contributed by atoms with van der Waals surface area (Å²) in [6.07, 6.45) is -6.65. The lowest BCUT2D eigenvalue weighted by Gasteiger charge is -2.16. The van der Waals surface area contributed by atoms with E-state index in [1.807, 2.05) is 0 Å². The van der Waals surface area contributed by atoms with Gasteiger partial charge >= 0.3 is 6.18 Å². The maximum atomic E-state index is 12.2. The molecule has 1 N–H and O–H groups in total. The number of hydrogen-bond acceptors (Lipinski definition) is 3. The van der Waals surface area contributed by atoms with Crippen molar-refractivity contribution in [2.24, 2.45) is 0 Å². The van der Waals surface area contributed by atoms with Gasteiger partial charge in [-0.25, -0.2) is 4.98 Å². The molecule has 0 fully saturated rings. The lowest BCUT2D eigenvalue weighted by Crippen LogP contribution is -2.20. The third-order valence-corrected chi connectivity index (χ3v) is 2.07. The van der Waals surface area contributed by atoms with Crippen LogP contribution in [-0.4, -0.2) is 22.4 Å². The Bertz CT molecular complexity index is 396. The fourth-order valence-corrected chi connectivity index (χ4v) is 1.31. The zero-order chi connectivity index (χ0) is 13.2. The summed E-state index contributed by atoms with van der Waals surface area (Å²) in [6, 6.07) is 0.991. The molecule has 7 heteroatoms. The van der Waals surface area contributed by atoms with E-state index in [1.54, 1.807) is 13.8 Å². The minimum Gasteiger partial charge on any atom is -0.474 e. The van der Waals surface area contributed by atoms with E-state index in [4.69, 9.17) is 21.4 Å². The first-order valence-electron chi connectivity index (χ1n) is 4.78. The highest BCUT2D eigenvalue weighted by molar-refractivity contribution is 6.31. The van der Waals surface area contributed by atoms with Gasteiger partial charge in [-0.3, -0.25) is 0 Å². The summed E-state index contributed by atoms with van der Waals surface area (Å²) in [5, 5.41) is 8.92. The number of aliphatic hydroxyl groups is 1. The van der Waals surface area contributed by atoms with Crippen LogP contribution in [0.5, 0.6) is 5.88 Å². The second-order valence-corrected chi connectivity index (χ2v) is 4.07. The number of alkyl halides is 3. The number of nitrogens with zero attached hydrogens (tertiary/aromatic N) is 1. The molecular formula is C10H11ClF3NO2. The number of ether oxygens (including phenoxy) is 1. The summed E-state index contributed by atoms with van der Waals surface area (Å²) < 4.78 is 41.8. The molecule has 17 heavy (non-hydrogen) atoms. The van der Waals surface area contributed by atoms with Crippen LogP contribution in [0, 0.1) is 0 Å². The Labute approximate surface area is 101 Å². The van der Waals surface area contributed by atoms with Crippen LogP contribution in [0.3, 0.4) is 0 Å². The SMILES string of the molecule is CC(C)Oc1ncc([C@H](O)C(F)(F)F)cc1Cl. The first-order chi connectivity index (χ1) is 7.71. The Kier molecular flexibility index (Phi) is 4.21. The highest BCUT2D eigenvalue weighted by Gasteiger charge is 2.39. The van der Waals surface area contributed by atoms with Gasteiger partial charge in [0, 0.05) is 11.8 Å². The minimum absolute atomic E-state index is 0.0415. The van der Waals surface area contributed by atoms with Gasteiger partial charge in [0.15, 0.2) is 6.10 Å². The number of aliphatic hydroxyl groups excluding tert-OH is 1. The van der Waals surface area contributed by atoms with Crippen molar-refractivity contribution in [3.63, 3.8) is 0 Å². The highest BCUT2D eigenvalue weighted by atomic mass is 35.5. The monoisotopic (exact) mass is 269 g/mol. The minimum atomic E-state index is -4.74. The molecule has 0 saturated heterocycles. The van der Waals surface area contributed by atoms with E-state index >= 15 is 0 Å². The van der Waals surface area contributed by atoms with E-state index in [0.717, 1.165) is 12.3 Å². The third-order valence-electron chi connectivity index (χ3n) is 1.80. The van der Waals surface area contributed by atoms with Gasteiger partial charge in [-0.05, 0) is 19.9 Å². The van der Waals surface area contributed by atoms with Gasteiger partial charge in [0.05, 0.1) is 6.10 Å². The summed E-state index contributed by atoms with van der Waals surface area (Å²) in [6.45, 7) is 3.47. The molecule has 1 rings (SSSR count). The zero-order valence-electron chi connectivity index (χ0n) is 9.12. The van der Waals surface area contributed by atoms with Crippen LogP contribution in [0.2, 0.25) is 5.02 Å². The Morgan fingerprint density at radius 3 is 2.41 bits per heavy atom. The number of hydrogen-bond donors (Lipinski definition) is 1. The normalized spacial score (nSPS) is 13.9. The van der Waals surface area contributed by atoms with Crippen LogP contribution >= 0.6 is 11.6 Å². The zero-order valence-corrected chi connectivity index (χ0v) is 9.88. The lowest BCUT2D eigenvalue weighted by molar-refractivity contribution is -0.206. The number of aromatic nitrogens is 1. The molecule has 0 unspecified atom stereocenters. The smallest absolute Gasteiger partial charge is 0.418 e. The predicted molar refractivity (Wildman–Crippen MR) is 56.0 cm³/mol. The van der Waals surface area contributed by atoms with Crippen molar-refractivity contribution in [2.75, 3.05) is 0 Å². The van der Waals surface area contributed by atoms with Gasteiger partial charge in [-0.15, -0.1) is 0 Å². The van der Waals surface area contributed by atoms with Gasteiger partial charge in [-0.1, -0.05) is 11.6 Å². The van der Waals surface area contributed by atoms with Crippen LogP contribution in [0.25, 0.3) is 0 Å². The second kappa shape index (κ2) is 5.10. The molecule has 1 aromatic rings. The summed E-state index contributed by atoms with van der Waals surface area (Å²) in [4.78, 5) is 3.64. The summed E-state index contributed by atoms with van der Waals surface area (Å²) >= 11 is 5.70. The van der Waals surface area contributed by atoms with Crippen LogP contribution in [0.1, 0.15) is 25.5 Å². The number of rotatable bonds is 3. The van der Waals surface area contributed by atoms with E-state index < -0.39 is 17.8 Å². The average Bonchev–Trinajstić information content (AvgIpc) is 2.18. The van der Waals surface area contributed by atoms with Gasteiger partial charge in [0.1, 0.15) is 5.02 Å². The topological polar surface area (TPSA) is 42.4 Å². The molecule has 1 heterocycles. The van der Waals surface area contributed by atoms with Crippen molar-refractivity contribution >= 4 is 11.6 Å². The van der Waals surface area contributed by atoms with Crippen molar-refractivity contribution in [2.45, 2.75) is 32.2 Å². The molecule has 96 valence electrons. The molecule has 0 saturated carbocycles. The Hall–Kier alpha value is -1.01. The van der Waals surface area contributed by atoms with Crippen molar-refractivity contribution in [3.8, 4) is 5.88 Å². The van der Waals surface area contributed by atoms with Crippen molar-refractivity contribution in [1.82, 2.24) is 4.98 Å². The Balaban J connectivity index is 2.96. The maximum Gasteiger partial charge on any atom is 0.418 e. The van der Waals surface area contributed by atoms with E-state index in [0.29, 0.717) is 0 Å². The fraction of sp³-hybridized carbons (Fsp3) is 0.500. The fourth-order valence-electron chi connectivity index (χ4n) is 1.09. The molecule has 0 spiro atoms. The molecule has 0 aliphatic heterocycles. The summed E-state index contributed by atoms with van der Waals surface area (Å²) in [5.41, 5.74) is -0.418. The number of pyridine rings is 1. The van der Waals surface area contributed by atoms with E-state index in [9.17, 15) is 13.2 Å². The Morgan fingerprint density at radius 1 is 1.41 bits per heavy atom. The molecule has 0 radical (unpaired) electrons. The Morgan fingerprint density at radius 2 is 2.00 bits per heavy atom. The van der Waals surface area contributed by atoms with Gasteiger partial charge in [0.25, 0.3) is 0 Å². The van der Waals surface area contributed by atoms with Gasteiger partial charge in [0.2, 0.25) is 5.88 Å². The van der Waals surface area contributed by atoms with Gasteiger partial charge < -0.3 is 9.84 Å². The van der Waals surface area contributed by atoms with Crippen molar-refractivity contribution < 1.29 is 23.0 Å². The number of halogens is 4. The van der Waals surface area contributed by atoms with Crippen LogP contribution in [0.15, 0.2) is 12.3 Å². The van der Waals surface area contributed by atoms with E-state index in [-0.39, 0.29) is 17.0 Å². The van der Waals surface area contributed by atoms with Gasteiger partial charge in [-0.2, -0.15) is 13.2 Å². The first-order valence-corrected chi connectivity index (χ1v) is 5.16. The first kappa shape index (κ1) is 14.1. The molecule has 0 aliphatic carbocycles. The van der Waals surface area contributed by atoms with Crippen LogP contribution in [0.4, 0.5) is 13.2 Å². The molecule has 1 atom stereocenters. The highest BCUT2D eigenvalue weighted by Crippen LogP contribution is 2.34. The maximum absolute atomic E-state index is 12.2. The largest absolute Gasteiger partial charge is 0.474 e. The van der Waals surface area contributed by atoms with Crippen LogP contribution < -0.4 is 4.74 Å². The van der Waals surface area contributed by atoms with E-state index in [1.165, 1.54) is 0 Å². The molecular weight excluding hydrogens is 259 g/mol. The van der Waals surface area contributed by atoms with Crippen molar-refractivity contribution in [1.29, 1.82) is 0 Å². The summed E-state index contributed by atoms with van der Waals surface area (Å²) in [5.74, 6) is 0.0415. The lowest BCUT2D eigenvalue weighted by atomic mass is 10.1. The predicted octanol–water partition coefficient (Wildman–Crippen LogP) is 3.12. The molecule has 3 nitrogen and oxygen atoms in total. The summed E-state index contributed by atoms with van der Waals surface area (Å²) in [7, 11) is 0. The average molecular weight is 270 g/mol. The molecule has 0 aliphatic rings. The molecule has 0 bridgehead atoms. The second-order valence-electron chi connectivity index (χ2n) is 3.67. The quantitative estimate of drug-likeness (QED) is 0.917. The third kappa shape index (κ3) is 3.74. The van der Waals surface area contributed by atoms with Crippen LogP contribution in [-0.2, 0) is 0 Å².